The van der Waals surface area contributed by atoms with Gasteiger partial charge in [0, 0.05) is 54.9 Å². The second-order valence-corrected chi connectivity index (χ2v) is 8.56. The Balaban J connectivity index is 0.00000259. The van der Waals surface area contributed by atoms with Crippen LogP contribution in [0.4, 0.5) is 5.82 Å². The monoisotopic (exact) mass is 483 g/mol. The van der Waals surface area contributed by atoms with Gasteiger partial charge in [-0.2, -0.15) is 9.61 Å². The number of β-amino-alcohol motifs (C(OH)–C–C–N with tert-alkyl or cyclic N) is 1. The van der Waals surface area contributed by atoms with Crippen LogP contribution in [0.5, 0.6) is 0 Å². The standard InChI is InChI=1S/C25H26ClN5O.ClH/c1-18-24(20-7-9-21(26)10-8-20)25-27-22(19-5-3-2-4-6-19)17-23(31(25)28-18)30-13-11-29(12-14-30)15-16-32;/h2-10,17,32H,11-16H2,1H3;1H. The molecule has 0 aliphatic carbocycles. The molecule has 1 N–H and O–H groups in total. The Hall–Kier alpha value is -2.64. The first-order valence-corrected chi connectivity index (χ1v) is 11.3. The maximum absolute atomic E-state index is 9.28. The van der Waals surface area contributed by atoms with Gasteiger partial charge >= 0.3 is 0 Å². The average molecular weight is 484 g/mol. The van der Waals surface area contributed by atoms with Crippen LogP contribution in [0.15, 0.2) is 60.7 Å². The predicted octanol–water partition coefficient (Wildman–Crippen LogP) is 4.56. The number of piperazine rings is 1. The predicted molar refractivity (Wildman–Crippen MR) is 137 cm³/mol. The zero-order chi connectivity index (χ0) is 22.1. The summed E-state index contributed by atoms with van der Waals surface area (Å²) in [7, 11) is 0. The first-order valence-electron chi connectivity index (χ1n) is 10.9. The maximum atomic E-state index is 9.28. The van der Waals surface area contributed by atoms with E-state index in [1.807, 2.05) is 53.9 Å². The van der Waals surface area contributed by atoms with Crippen molar-refractivity contribution in [3.63, 3.8) is 0 Å². The van der Waals surface area contributed by atoms with Gasteiger partial charge in [0.05, 0.1) is 18.0 Å². The molecule has 0 bridgehead atoms. The number of nitrogens with zero attached hydrogens (tertiary/aromatic N) is 5. The zero-order valence-electron chi connectivity index (χ0n) is 18.5. The van der Waals surface area contributed by atoms with Gasteiger partial charge in [0.2, 0.25) is 0 Å². The van der Waals surface area contributed by atoms with E-state index in [1.54, 1.807) is 0 Å². The van der Waals surface area contributed by atoms with Gasteiger partial charge in [-0.25, -0.2) is 4.98 Å². The minimum atomic E-state index is 0. The van der Waals surface area contributed by atoms with E-state index >= 15 is 0 Å². The highest BCUT2D eigenvalue weighted by Crippen LogP contribution is 2.33. The number of aryl methyl sites for hydroxylation is 1. The molecule has 8 heteroatoms. The van der Waals surface area contributed by atoms with Crippen molar-refractivity contribution in [2.75, 3.05) is 44.2 Å². The Morgan fingerprint density at radius 3 is 2.30 bits per heavy atom. The fourth-order valence-corrected chi connectivity index (χ4v) is 4.51. The number of halogens is 2. The molecule has 1 saturated heterocycles. The number of rotatable bonds is 5. The number of benzene rings is 2. The third-order valence-electron chi connectivity index (χ3n) is 6.06. The first-order chi connectivity index (χ1) is 15.6. The topological polar surface area (TPSA) is 56.9 Å². The van der Waals surface area contributed by atoms with E-state index in [4.69, 9.17) is 21.7 Å². The molecule has 0 spiro atoms. The Morgan fingerprint density at radius 1 is 0.939 bits per heavy atom. The molecular weight excluding hydrogens is 457 g/mol. The van der Waals surface area contributed by atoms with Crippen molar-refractivity contribution in [3.05, 3.63) is 71.4 Å². The van der Waals surface area contributed by atoms with E-state index in [0.717, 1.165) is 72.3 Å². The van der Waals surface area contributed by atoms with Crippen LogP contribution in [0.1, 0.15) is 5.69 Å². The summed E-state index contributed by atoms with van der Waals surface area (Å²) in [6.07, 6.45) is 0. The van der Waals surface area contributed by atoms with Crippen LogP contribution in [0, 0.1) is 6.92 Å². The van der Waals surface area contributed by atoms with Gasteiger partial charge in [-0.3, -0.25) is 4.90 Å². The normalized spacial score (nSPS) is 14.5. The summed E-state index contributed by atoms with van der Waals surface area (Å²) in [6, 6.07) is 20.3. The Labute approximate surface area is 204 Å². The fraction of sp³-hybridized carbons (Fsp3) is 0.280. The highest BCUT2D eigenvalue weighted by atomic mass is 35.5. The summed E-state index contributed by atoms with van der Waals surface area (Å²) in [5.74, 6) is 1.04. The van der Waals surface area contributed by atoms with Crippen molar-refractivity contribution >= 4 is 35.5 Å². The minimum absolute atomic E-state index is 0. The van der Waals surface area contributed by atoms with E-state index in [9.17, 15) is 5.11 Å². The number of hydrogen-bond acceptors (Lipinski definition) is 5. The van der Waals surface area contributed by atoms with Gasteiger partial charge in [0.25, 0.3) is 0 Å². The highest BCUT2D eigenvalue weighted by Gasteiger charge is 2.23. The Kier molecular flexibility index (Phi) is 7.20. The van der Waals surface area contributed by atoms with Gasteiger partial charge in [-0.05, 0) is 24.6 Å². The summed E-state index contributed by atoms with van der Waals surface area (Å²) < 4.78 is 1.98. The third kappa shape index (κ3) is 4.70. The summed E-state index contributed by atoms with van der Waals surface area (Å²) in [5, 5.41) is 14.9. The second kappa shape index (κ2) is 10.1. The van der Waals surface area contributed by atoms with Gasteiger partial charge in [0.15, 0.2) is 5.65 Å². The van der Waals surface area contributed by atoms with Crippen LogP contribution in [0.3, 0.4) is 0 Å². The summed E-state index contributed by atoms with van der Waals surface area (Å²) in [4.78, 5) is 9.72. The maximum Gasteiger partial charge on any atom is 0.166 e. The molecule has 0 atom stereocenters. The van der Waals surface area contributed by atoms with Crippen LogP contribution in [0.2, 0.25) is 5.02 Å². The van der Waals surface area contributed by atoms with Crippen LogP contribution in [-0.4, -0.2) is 63.9 Å². The molecule has 0 radical (unpaired) electrons. The van der Waals surface area contributed by atoms with Crippen LogP contribution >= 0.6 is 24.0 Å². The van der Waals surface area contributed by atoms with Crippen molar-refractivity contribution in [3.8, 4) is 22.4 Å². The molecule has 2 aromatic carbocycles. The van der Waals surface area contributed by atoms with E-state index in [1.165, 1.54) is 0 Å². The molecule has 0 unspecified atom stereocenters. The fourth-order valence-electron chi connectivity index (χ4n) is 4.39. The molecule has 0 amide bonds. The van der Waals surface area contributed by atoms with Gasteiger partial charge in [-0.1, -0.05) is 54.1 Å². The first kappa shape index (κ1) is 23.5. The summed E-state index contributed by atoms with van der Waals surface area (Å²) >= 11 is 6.13. The number of anilines is 1. The van der Waals surface area contributed by atoms with Crippen molar-refractivity contribution < 1.29 is 5.11 Å². The van der Waals surface area contributed by atoms with Crippen molar-refractivity contribution in [2.45, 2.75) is 6.92 Å². The molecule has 5 rings (SSSR count). The van der Waals surface area contributed by atoms with E-state index in [0.29, 0.717) is 5.02 Å². The third-order valence-corrected chi connectivity index (χ3v) is 6.31. The van der Waals surface area contributed by atoms with Gasteiger partial charge < -0.3 is 10.0 Å². The molecule has 1 fully saturated rings. The lowest BCUT2D eigenvalue weighted by molar-refractivity contribution is 0.188. The molecule has 6 nitrogen and oxygen atoms in total. The summed E-state index contributed by atoms with van der Waals surface area (Å²) in [6.45, 7) is 6.52. The highest BCUT2D eigenvalue weighted by molar-refractivity contribution is 6.30. The van der Waals surface area contributed by atoms with E-state index in [-0.39, 0.29) is 19.0 Å². The van der Waals surface area contributed by atoms with Crippen molar-refractivity contribution in [1.29, 1.82) is 0 Å². The number of aliphatic hydroxyl groups is 1. The average Bonchev–Trinajstić information content (AvgIpc) is 3.16. The van der Waals surface area contributed by atoms with Crippen LogP contribution in [-0.2, 0) is 0 Å². The van der Waals surface area contributed by atoms with Crippen LogP contribution in [0.25, 0.3) is 28.0 Å². The van der Waals surface area contributed by atoms with E-state index < -0.39 is 0 Å². The molecular formula is C25H27Cl2N5O. The molecule has 1 aliphatic heterocycles. The number of aliphatic hydroxyl groups excluding tert-OH is 1. The van der Waals surface area contributed by atoms with Gasteiger partial charge in [0.1, 0.15) is 5.82 Å². The Morgan fingerprint density at radius 2 is 1.64 bits per heavy atom. The number of fused-ring (bicyclic) bond motifs is 1. The lowest BCUT2D eigenvalue weighted by atomic mass is 10.1. The van der Waals surface area contributed by atoms with Crippen molar-refractivity contribution in [2.24, 2.45) is 0 Å². The number of aromatic nitrogens is 3. The van der Waals surface area contributed by atoms with Crippen molar-refractivity contribution in [1.82, 2.24) is 19.5 Å². The second-order valence-electron chi connectivity index (χ2n) is 8.12. The SMILES string of the molecule is Cc1nn2c(N3CCN(CCO)CC3)cc(-c3ccccc3)nc2c1-c1ccc(Cl)cc1.Cl. The van der Waals surface area contributed by atoms with Gasteiger partial charge in [-0.15, -0.1) is 12.4 Å². The van der Waals surface area contributed by atoms with E-state index in [2.05, 4.69) is 28.0 Å². The molecule has 2 aromatic heterocycles. The number of hydrogen-bond donors (Lipinski definition) is 1. The molecule has 172 valence electrons. The minimum Gasteiger partial charge on any atom is -0.395 e. The quantitative estimate of drug-likeness (QED) is 0.450. The molecule has 0 saturated carbocycles. The smallest absolute Gasteiger partial charge is 0.166 e. The Bertz CT molecular complexity index is 1220. The lowest BCUT2D eigenvalue weighted by Gasteiger charge is -2.35. The lowest BCUT2D eigenvalue weighted by Crippen LogP contribution is -2.47. The molecule has 1 aliphatic rings. The summed E-state index contributed by atoms with van der Waals surface area (Å²) in [5.41, 5.74) is 5.87. The van der Waals surface area contributed by atoms with Crippen LogP contribution < -0.4 is 4.90 Å². The largest absolute Gasteiger partial charge is 0.395 e. The zero-order valence-corrected chi connectivity index (χ0v) is 20.1. The molecule has 4 aromatic rings. The molecule has 3 heterocycles. The molecule has 33 heavy (non-hydrogen) atoms.